The first-order valence-electron chi connectivity index (χ1n) is 31.0. The second-order valence-electron chi connectivity index (χ2n) is 22.5. The van der Waals surface area contributed by atoms with Gasteiger partial charge in [0, 0.05) is 227 Å². The first-order chi connectivity index (χ1) is 51.6. The summed E-state index contributed by atoms with van der Waals surface area (Å²) in [5.41, 5.74) is -4.55. The van der Waals surface area contributed by atoms with Crippen LogP contribution in [0.15, 0.2) is 145 Å². The summed E-state index contributed by atoms with van der Waals surface area (Å²) in [5.74, 6) is -2.72. The molecule has 0 unspecified atom stereocenters. The molecule has 0 spiro atoms. The quantitative estimate of drug-likeness (QED) is 0.0367. The minimum absolute atomic E-state index is 0. The van der Waals surface area contributed by atoms with Gasteiger partial charge in [-0.05, 0) is 95.9 Å². The van der Waals surface area contributed by atoms with Gasteiger partial charge in [-0.15, -0.1) is 59.7 Å². The minimum atomic E-state index is -4.97. The third-order valence-corrected chi connectivity index (χ3v) is 15.8. The van der Waals surface area contributed by atoms with E-state index in [0.717, 1.165) is 67.8 Å². The smallest absolute Gasteiger partial charge is 0.514 e. The van der Waals surface area contributed by atoms with Crippen molar-refractivity contribution in [2.75, 3.05) is 0 Å². The third-order valence-electron chi connectivity index (χ3n) is 15.0. The number of ether oxygens (including phenoxy) is 6. The first kappa shape index (κ1) is 95.4. The number of tetrazole rings is 4. The van der Waals surface area contributed by atoms with E-state index in [2.05, 4.69) is 75.4 Å². The molecule has 0 N–H and O–H groups in total. The number of benzene rings is 8. The first-order valence-corrected chi connectivity index (χ1v) is 31.8. The Hall–Kier alpha value is -8.17. The van der Waals surface area contributed by atoms with Gasteiger partial charge in [-0.2, -0.15) is 83.7 Å². The van der Waals surface area contributed by atoms with Gasteiger partial charge < -0.3 is 28.4 Å². The zero-order valence-corrected chi connectivity index (χ0v) is 71.9. The van der Waals surface area contributed by atoms with E-state index in [-0.39, 0.29) is 247 Å². The van der Waals surface area contributed by atoms with Gasteiger partial charge in [0.25, 0.3) is 6.43 Å². The van der Waals surface area contributed by atoms with Crippen molar-refractivity contribution in [3.8, 4) is 57.2 Å². The second kappa shape index (κ2) is 42.4. The van der Waals surface area contributed by atoms with Gasteiger partial charge in [-0.25, -0.2) is 45.5 Å². The second-order valence-corrected chi connectivity index (χ2v) is 23.6. The number of hydrogen-bond acceptors (Lipinski definition) is 19. The number of aromatic nitrogens is 16. The van der Waals surface area contributed by atoms with E-state index in [4.69, 9.17) is 18.9 Å². The van der Waals surface area contributed by atoms with Crippen molar-refractivity contribution in [2.24, 2.45) is 28.2 Å². The van der Waals surface area contributed by atoms with Crippen LogP contribution in [-0.2, 0) is 185 Å². The van der Waals surface area contributed by atoms with Crippen molar-refractivity contribution in [1.29, 1.82) is 0 Å². The predicted molar refractivity (Wildman–Crippen MR) is 354 cm³/mol. The minimum Gasteiger partial charge on any atom is -0.514 e. The third kappa shape index (κ3) is 25.4. The Balaban J connectivity index is 0.000000266. The van der Waals surface area contributed by atoms with Gasteiger partial charge in [-0.1, -0.05) is 82.3 Å². The maximum Gasteiger partial charge on any atom is 0.573 e. The standard InChI is InChI=1S/C17H13F4N4O3.C17H13F4N4O2S.C17H14F3N4O3.C17H14F3N4O2.4Y/c1-10-6-7-11(18)8-15(10)27-9-12-13(25-16(26)24(2)22-23-25)4-3-5-14(12)28-17(19,20)21;1-10-6-7-11(18)8-14(10)27-9-12-13(25-16(26)24(2)22-23-25)4-3-5-15(12)28-17(19,20)21;1-10-6-7-11(18)8-15(10)26-9-12-13(24-17(25)23(2)21-22-24)4-3-5-14(12)27-16(19)20;1-10-6-7-11(18)8-15(10)26-9-13-12(16(19)20)4-3-5-14(13)24-17(25)23(2)21-22-24;;;;/h2*3-6,8H,9H2,1-2H3;3-6,8,16H,9H2,1-2H3;3-6,8,16H,9H2,1-2H3;;;;/q4*-1;;;;. The van der Waals surface area contributed by atoms with Crippen molar-refractivity contribution in [1.82, 2.24) is 79.2 Å². The molecule has 0 saturated heterocycles. The van der Waals surface area contributed by atoms with E-state index in [0.29, 0.717) is 22.3 Å². The van der Waals surface area contributed by atoms with Gasteiger partial charge in [0.1, 0.15) is 37.9 Å². The van der Waals surface area contributed by atoms with Crippen LogP contribution >= 0.6 is 11.8 Å². The Bertz CT molecular complexity index is 5320. The van der Waals surface area contributed by atoms with E-state index in [9.17, 15) is 80.6 Å². The van der Waals surface area contributed by atoms with Crippen LogP contribution in [-0.4, -0.2) is 97.6 Å². The summed E-state index contributed by atoms with van der Waals surface area (Å²) in [6, 6.07) is 35.5. The van der Waals surface area contributed by atoms with E-state index >= 15 is 0 Å². The summed E-state index contributed by atoms with van der Waals surface area (Å²) in [4.78, 5) is 48.4. The average molecular weight is 1910 g/mol. The van der Waals surface area contributed by atoms with Crippen LogP contribution in [0.5, 0.6) is 34.5 Å². The zero-order chi connectivity index (χ0) is 79.3. The van der Waals surface area contributed by atoms with Crippen molar-refractivity contribution in [3.05, 3.63) is 261 Å². The fraction of sp³-hybridized carbons (Fsp3) is 0.235. The summed E-state index contributed by atoms with van der Waals surface area (Å²) in [7, 11) is 5.49. The number of aryl methyl sites for hydroxylation is 8. The molecular weight excluding hydrogens is 1850 g/mol. The molecule has 0 atom stereocenters. The van der Waals surface area contributed by atoms with Crippen LogP contribution in [0, 0.1) is 75.2 Å². The molecule has 26 nitrogen and oxygen atoms in total. The van der Waals surface area contributed by atoms with Gasteiger partial charge in [0.15, 0.2) is 0 Å². The van der Waals surface area contributed by atoms with E-state index < -0.39 is 83.3 Å². The fourth-order valence-corrected chi connectivity index (χ4v) is 10.3. The number of nitrogens with zero attached hydrogens (tertiary/aromatic N) is 16. The number of rotatable bonds is 21. The fourth-order valence-electron chi connectivity index (χ4n) is 9.65. The SMILES string of the molecule is Cc1c[c-]c(F)cc1OCc1c(C(F)F)cccc1-n1nnn(C)c1=O.Cc1c[c-]c(F)cc1OCc1c(OC(F)(F)F)cccc1-n1nnn(C)c1=O.Cc1c[c-]c(F)cc1OCc1c(OC(F)F)cccc1-n1nnn(C)c1=O.Cc1c[c-]c(F)cc1OCc1c(SC(F)(F)F)cccc1-n1nnn(C)c1=O.[Y].[Y].[Y].[Y]. The summed E-state index contributed by atoms with van der Waals surface area (Å²) >= 11 is -0.339. The maximum atomic E-state index is 13.4. The maximum absolute atomic E-state index is 13.4. The average Bonchev–Trinajstić information content (AvgIpc) is 1.73. The van der Waals surface area contributed by atoms with Gasteiger partial charge >= 0.3 is 41.2 Å². The molecule has 4 radical (unpaired) electrons. The Morgan fingerprint density at radius 2 is 0.690 bits per heavy atom. The molecule has 12 rings (SSSR count). The molecular formula is C68H54F14N16O10SY4-4. The van der Waals surface area contributed by atoms with Gasteiger partial charge in [0.05, 0.1) is 33.9 Å². The summed E-state index contributed by atoms with van der Waals surface area (Å²) in [5, 5.41) is 29.0. The van der Waals surface area contributed by atoms with Crippen molar-refractivity contribution in [2.45, 2.75) is 83.9 Å². The Morgan fingerprint density at radius 1 is 0.398 bits per heavy atom. The van der Waals surface area contributed by atoms with Crippen LogP contribution < -0.4 is 51.2 Å². The van der Waals surface area contributed by atoms with Crippen molar-refractivity contribution in [3.63, 3.8) is 0 Å². The Labute approximate surface area is 734 Å². The number of hydrogen-bond donors (Lipinski definition) is 0. The van der Waals surface area contributed by atoms with E-state index in [1.807, 2.05) is 0 Å². The number of alkyl halides is 10. The molecule has 0 aliphatic heterocycles. The van der Waals surface area contributed by atoms with E-state index in [1.54, 1.807) is 27.7 Å². The van der Waals surface area contributed by atoms with Crippen LogP contribution in [0.2, 0.25) is 0 Å². The molecule has 0 aliphatic carbocycles. The zero-order valence-electron chi connectivity index (χ0n) is 59.8. The molecule has 0 amide bonds. The molecule has 8 aromatic carbocycles. The van der Waals surface area contributed by atoms with E-state index in [1.165, 1.54) is 119 Å². The monoisotopic (exact) mass is 1910 g/mol. The molecule has 586 valence electrons. The molecule has 113 heavy (non-hydrogen) atoms. The topological polar surface area (TPSA) is 266 Å². The van der Waals surface area contributed by atoms with Gasteiger partial charge in [0.2, 0.25) is 0 Å². The molecule has 0 aliphatic rings. The molecule has 45 heteroatoms. The summed E-state index contributed by atoms with van der Waals surface area (Å²) < 4.78 is 222. The largest absolute Gasteiger partial charge is 0.573 e. The van der Waals surface area contributed by atoms with Crippen LogP contribution in [0.4, 0.5) is 61.5 Å². The Kier molecular flexibility index (Phi) is 35.8. The molecule has 12 aromatic rings. The van der Waals surface area contributed by atoms with Crippen molar-refractivity contribution < 1.29 is 221 Å². The predicted octanol–water partition coefficient (Wildman–Crippen LogP) is 11.2. The summed E-state index contributed by atoms with van der Waals surface area (Å²) in [6.07, 6.45) is -7.76. The number of thioether (sulfide) groups is 1. The normalized spacial score (nSPS) is 10.9. The Morgan fingerprint density at radius 3 is 1.00 bits per heavy atom. The van der Waals surface area contributed by atoms with Crippen LogP contribution in [0.3, 0.4) is 0 Å². The molecule has 4 heterocycles. The molecule has 0 fully saturated rings. The molecule has 4 aromatic heterocycles. The van der Waals surface area contributed by atoms with Crippen molar-refractivity contribution >= 4 is 11.8 Å². The van der Waals surface area contributed by atoms with Crippen LogP contribution in [0.25, 0.3) is 22.7 Å². The van der Waals surface area contributed by atoms with Gasteiger partial charge in [-0.3, -0.25) is 0 Å². The molecule has 0 bridgehead atoms. The number of halogens is 14. The van der Waals surface area contributed by atoms with Crippen LogP contribution in [0.1, 0.15) is 56.5 Å². The summed E-state index contributed by atoms with van der Waals surface area (Å²) in [6.45, 7) is 2.18. The molecule has 0 saturated carbocycles.